The van der Waals surface area contributed by atoms with E-state index < -0.39 is 24.6 Å². The van der Waals surface area contributed by atoms with Crippen LogP contribution in [0.2, 0.25) is 5.02 Å². The second-order valence-electron chi connectivity index (χ2n) is 6.36. The monoisotopic (exact) mass is 512 g/mol. The zero-order chi connectivity index (χ0) is 22.5. The third kappa shape index (κ3) is 5.96. The van der Waals surface area contributed by atoms with Crippen molar-refractivity contribution in [3.8, 4) is 6.07 Å². The van der Waals surface area contributed by atoms with Crippen LogP contribution in [-0.2, 0) is 26.2 Å². The summed E-state index contributed by atoms with van der Waals surface area (Å²) in [7, 11) is -7.61. The van der Waals surface area contributed by atoms with E-state index in [-0.39, 0.29) is 27.9 Å². The van der Waals surface area contributed by atoms with Crippen molar-refractivity contribution in [3.05, 3.63) is 80.3 Å². The normalized spacial score (nSPS) is 12.5. The van der Waals surface area contributed by atoms with Crippen LogP contribution in [0.3, 0.4) is 0 Å². The minimum absolute atomic E-state index is 0.00794. The largest absolute Gasteiger partial charge is 0.370 e. The van der Waals surface area contributed by atoms with E-state index in [1.807, 2.05) is 17.5 Å². The molecular formula is C20H17ClN2O4S4. The molecule has 0 fully saturated rings. The van der Waals surface area contributed by atoms with Crippen LogP contribution in [0.5, 0.6) is 0 Å². The summed E-state index contributed by atoms with van der Waals surface area (Å²) in [6.07, 6.45) is 1.23. The molecule has 1 aromatic carbocycles. The van der Waals surface area contributed by atoms with Gasteiger partial charge in [-0.1, -0.05) is 23.7 Å². The fraction of sp³-hybridized carbons (Fsp3) is 0.150. The van der Waals surface area contributed by atoms with E-state index in [1.165, 1.54) is 47.9 Å². The predicted molar refractivity (Wildman–Crippen MR) is 123 cm³/mol. The molecule has 6 nitrogen and oxygen atoms in total. The van der Waals surface area contributed by atoms with Crippen LogP contribution in [0.15, 0.2) is 79.5 Å². The minimum Gasteiger partial charge on any atom is -0.370 e. The number of hydrogen-bond acceptors (Lipinski definition) is 8. The van der Waals surface area contributed by atoms with Gasteiger partial charge in [-0.2, -0.15) is 5.26 Å². The molecule has 0 aliphatic rings. The molecule has 2 heterocycles. The average molecular weight is 513 g/mol. The second-order valence-corrected chi connectivity index (χ2v) is 13.0. The molecule has 3 rings (SSSR count). The van der Waals surface area contributed by atoms with Crippen molar-refractivity contribution in [2.75, 3.05) is 12.3 Å². The van der Waals surface area contributed by atoms with Crippen molar-refractivity contribution >= 4 is 53.9 Å². The summed E-state index contributed by atoms with van der Waals surface area (Å²) < 4.78 is 51.1. The minimum atomic E-state index is -3.98. The first-order valence-corrected chi connectivity index (χ1v) is 14.1. The van der Waals surface area contributed by atoms with E-state index in [1.54, 1.807) is 22.4 Å². The molecule has 3 aromatic rings. The van der Waals surface area contributed by atoms with E-state index in [9.17, 15) is 22.1 Å². The number of thiophene rings is 2. The zero-order valence-electron chi connectivity index (χ0n) is 16.0. The van der Waals surface area contributed by atoms with E-state index in [0.717, 1.165) is 16.2 Å². The maximum Gasteiger partial charge on any atom is 0.227 e. The van der Waals surface area contributed by atoms with Gasteiger partial charge < -0.3 is 4.90 Å². The van der Waals surface area contributed by atoms with Crippen molar-refractivity contribution in [2.45, 2.75) is 15.6 Å². The maximum absolute atomic E-state index is 12.8. The molecule has 31 heavy (non-hydrogen) atoms. The molecule has 0 saturated carbocycles. The number of benzene rings is 1. The van der Waals surface area contributed by atoms with Crippen molar-refractivity contribution in [1.82, 2.24) is 4.90 Å². The van der Waals surface area contributed by atoms with Crippen molar-refractivity contribution in [3.63, 3.8) is 0 Å². The Bertz CT molecular complexity index is 1290. The van der Waals surface area contributed by atoms with E-state index in [4.69, 9.17) is 11.6 Å². The topological polar surface area (TPSA) is 95.3 Å². The molecule has 0 saturated heterocycles. The summed E-state index contributed by atoms with van der Waals surface area (Å²) in [5, 5.41) is 13.4. The van der Waals surface area contributed by atoms with Crippen LogP contribution < -0.4 is 0 Å². The third-order valence-electron chi connectivity index (χ3n) is 4.22. The lowest BCUT2D eigenvalue weighted by Crippen LogP contribution is -2.25. The molecule has 0 aliphatic carbocycles. The van der Waals surface area contributed by atoms with Crippen LogP contribution in [0.1, 0.15) is 4.88 Å². The molecule has 0 bridgehead atoms. The van der Waals surface area contributed by atoms with Gasteiger partial charge in [-0.15, -0.1) is 22.7 Å². The van der Waals surface area contributed by atoms with Gasteiger partial charge in [0.15, 0.2) is 14.7 Å². The maximum atomic E-state index is 12.8. The molecule has 0 amide bonds. The van der Waals surface area contributed by atoms with Gasteiger partial charge in [-0.25, -0.2) is 16.8 Å². The van der Waals surface area contributed by atoms with Crippen molar-refractivity contribution in [2.24, 2.45) is 0 Å². The number of nitrogens with zero attached hydrogens (tertiary/aromatic N) is 2. The molecule has 0 N–H and O–H groups in total. The summed E-state index contributed by atoms with van der Waals surface area (Å²) in [4.78, 5) is 2.15. The zero-order valence-corrected chi connectivity index (χ0v) is 20.0. The second kappa shape index (κ2) is 9.97. The van der Waals surface area contributed by atoms with Gasteiger partial charge in [-0.3, -0.25) is 0 Å². The Kier molecular flexibility index (Phi) is 7.56. The van der Waals surface area contributed by atoms with E-state index >= 15 is 0 Å². The van der Waals surface area contributed by atoms with Crippen LogP contribution in [0.25, 0.3) is 0 Å². The molecule has 0 spiro atoms. The molecule has 0 aliphatic heterocycles. The Labute approximate surface area is 194 Å². The number of sulfone groups is 2. The number of allylic oxidation sites excluding steroid dienone is 1. The summed E-state index contributed by atoms with van der Waals surface area (Å²) >= 11 is 8.31. The molecule has 162 valence electrons. The van der Waals surface area contributed by atoms with Crippen LogP contribution in [0.4, 0.5) is 0 Å². The smallest absolute Gasteiger partial charge is 0.227 e. The van der Waals surface area contributed by atoms with Crippen molar-refractivity contribution < 1.29 is 16.8 Å². The van der Waals surface area contributed by atoms with E-state index in [0.29, 0.717) is 5.02 Å². The van der Waals surface area contributed by atoms with Crippen LogP contribution in [0, 0.1) is 11.3 Å². The Morgan fingerprint density at radius 3 is 2.29 bits per heavy atom. The quantitative estimate of drug-likeness (QED) is 0.389. The number of nitriles is 1. The Morgan fingerprint density at radius 2 is 1.71 bits per heavy atom. The third-order valence-corrected chi connectivity index (χ3v) is 10.1. The van der Waals surface area contributed by atoms with Gasteiger partial charge >= 0.3 is 0 Å². The molecule has 2 aromatic heterocycles. The van der Waals surface area contributed by atoms with Gasteiger partial charge in [0.25, 0.3) is 0 Å². The van der Waals surface area contributed by atoms with Gasteiger partial charge in [0.05, 0.1) is 17.2 Å². The SMILES string of the molecule is N#CC(=CN(CCS(=O)(=O)c1ccc(Cl)cc1)Cc1cccs1)S(=O)(=O)c1cccs1. The fourth-order valence-electron chi connectivity index (χ4n) is 2.64. The van der Waals surface area contributed by atoms with Gasteiger partial charge in [0.1, 0.15) is 10.3 Å². The molecular weight excluding hydrogens is 496 g/mol. The van der Waals surface area contributed by atoms with Crippen LogP contribution in [-0.4, -0.2) is 34.0 Å². The van der Waals surface area contributed by atoms with Crippen molar-refractivity contribution in [1.29, 1.82) is 5.26 Å². The number of rotatable bonds is 9. The lowest BCUT2D eigenvalue weighted by atomic mass is 10.4. The first-order valence-electron chi connectivity index (χ1n) is 8.87. The van der Waals surface area contributed by atoms with Gasteiger partial charge in [-0.05, 0) is 47.2 Å². The highest BCUT2D eigenvalue weighted by molar-refractivity contribution is 7.97. The number of hydrogen-bond donors (Lipinski definition) is 0. The summed E-state index contributed by atoms with van der Waals surface area (Å²) in [6, 6.07) is 14.3. The Balaban J connectivity index is 1.88. The Morgan fingerprint density at radius 1 is 1.03 bits per heavy atom. The first-order chi connectivity index (χ1) is 14.7. The molecule has 0 unspecified atom stereocenters. The van der Waals surface area contributed by atoms with Gasteiger partial charge in [0.2, 0.25) is 9.84 Å². The van der Waals surface area contributed by atoms with Gasteiger partial charge in [0, 0.05) is 22.6 Å². The fourth-order valence-corrected chi connectivity index (χ4v) is 7.03. The summed E-state index contributed by atoms with van der Waals surface area (Å²) in [5.74, 6) is -0.256. The number of halogens is 1. The lowest BCUT2D eigenvalue weighted by molar-refractivity contribution is 0.392. The predicted octanol–water partition coefficient (Wildman–Crippen LogP) is 4.58. The molecule has 0 atom stereocenters. The molecule has 0 radical (unpaired) electrons. The van der Waals surface area contributed by atoms with Crippen LogP contribution >= 0.6 is 34.3 Å². The lowest BCUT2D eigenvalue weighted by Gasteiger charge is -2.20. The summed E-state index contributed by atoms with van der Waals surface area (Å²) in [6.45, 7) is 0.285. The average Bonchev–Trinajstić information content (AvgIpc) is 3.44. The highest BCUT2D eigenvalue weighted by Gasteiger charge is 2.24. The standard InChI is InChI=1S/C20H17ClN2O4S4/c21-16-5-7-18(8-6-16)30(24,25)12-9-23(14-17-3-1-10-28-17)15-19(13-22)31(26,27)20-4-2-11-29-20/h1-8,10-11,15H,9,12,14H2. The highest BCUT2D eigenvalue weighted by Crippen LogP contribution is 2.25. The highest BCUT2D eigenvalue weighted by atomic mass is 35.5. The van der Waals surface area contributed by atoms with E-state index in [2.05, 4.69) is 0 Å². The Hall–Kier alpha value is -2.16. The first kappa shape index (κ1) is 23.5. The molecule has 11 heteroatoms. The summed E-state index contributed by atoms with van der Waals surface area (Å²) in [5.41, 5.74) is 0.